The zero-order valence-electron chi connectivity index (χ0n) is 8.54. The van der Waals surface area contributed by atoms with Gasteiger partial charge < -0.3 is 4.74 Å². The van der Waals surface area contributed by atoms with Gasteiger partial charge in [-0.15, -0.1) is 0 Å². The Morgan fingerprint density at radius 1 is 1.50 bits per heavy atom. The van der Waals surface area contributed by atoms with E-state index in [1.54, 1.807) is 6.92 Å². The fraction of sp³-hybridized carbons (Fsp3) is 0.417. The van der Waals surface area contributed by atoms with Gasteiger partial charge in [-0.25, -0.2) is 0 Å². The summed E-state index contributed by atoms with van der Waals surface area (Å²) in [6.45, 7) is 3.62. The first-order valence-electron chi connectivity index (χ1n) is 4.93. The van der Waals surface area contributed by atoms with E-state index in [9.17, 15) is 4.79 Å². The Kier molecular flexibility index (Phi) is 2.28. The van der Waals surface area contributed by atoms with Crippen molar-refractivity contribution in [2.75, 3.05) is 0 Å². The molecule has 2 nitrogen and oxygen atoms in total. The van der Waals surface area contributed by atoms with Crippen LogP contribution in [0.25, 0.3) is 0 Å². The molecule has 14 heavy (non-hydrogen) atoms. The van der Waals surface area contributed by atoms with Gasteiger partial charge in [-0.05, 0) is 43.9 Å². The van der Waals surface area contributed by atoms with Crippen molar-refractivity contribution in [2.24, 2.45) is 0 Å². The Morgan fingerprint density at radius 2 is 2.29 bits per heavy atom. The summed E-state index contributed by atoms with van der Waals surface area (Å²) in [4.78, 5) is 11.2. The number of carbonyl (C=O) groups excluding carboxylic acids is 1. The van der Waals surface area contributed by atoms with Gasteiger partial charge in [-0.3, -0.25) is 4.79 Å². The largest absolute Gasteiger partial charge is 0.482 e. The monoisotopic (exact) mass is 190 g/mol. The number of fused-ring (bicyclic) bond motifs is 1. The lowest BCUT2D eigenvalue weighted by molar-refractivity contribution is -0.124. The zero-order valence-corrected chi connectivity index (χ0v) is 8.54. The molecule has 1 heterocycles. The molecule has 74 valence electrons. The van der Waals surface area contributed by atoms with E-state index in [1.807, 2.05) is 13.0 Å². The van der Waals surface area contributed by atoms with E-state index in [0.29, 0.717) is 0 Å². The molecular weight excluding hydrogens is 176 g/mol. The normalized spacial score (nSPS) is 19.7. The molecule has 1 aromatic carbocycles. The molecule has 2 rings (SSSR count). The minimum atomic E-state index is -0.232. The maximum atomic E-state index is 11.2. The minimum absolute atomic E-state index is 0.122. The summed E-state index contributed by atoms with van der Waals surface area (Å²) in [6.07, 6.45) is 1.52. The van der Waals surface area contributed by atoms with Crippen molar-refractivity contribution in [2.45, 2.75) is 32.8 Å². The summed E-state index contributed by atoms with van der Waals surface area (Å²) in [5.74, 6) is 1.01. The molecule has 0 radical (unpaired) electrons. The van der Waals surface area contributed by atoms with Crippen molar-refractivity contribution in [3.05, 3.63) is 29.3 Å². The maximum absolute atomic E-state index is 11.2. The second kappa shape index (κ2) is 3.45. The van der Waals surface area contributed by atoms with E-state index < -0.39 is 0 Å². The Labute approximate surface area is 83.9 Å². The van der Waals surface area contributed by atoms with Crippen LogP contribution in [0.4, 0.5) is 0 Å². The van der Waals surface area contributed by atoms with E-state index >= 15 is 0 Å². The van der Waals surface area contributed by atoms with Gasteiger partial charge in [0.15, 0.2) is 11.9 Å². The first-order chi connectivity index (χ1) is 6.66. The van der Waals surface area contributed by atoms with Crippen LogP contribution in [0.1, 0.15) is 24.5 Å². The standard InChI is InChI=1S/C12H14O2/c1-8-3-4-10-5-6-11(9(2)13)14-12(10)7-8/h3-4,7,11H,5-6H2,1-2H3. The van der Waals surface area contributed by atoms with Crippen molar-refractivity contribution < 1.29 is 9.53 Å². The number of Topliss-reactive ketones (excluding diaryl/α,β-unsaturated/α-hetero) is 1. The molecule has 1 aliphatic rings. The molecule has 1 aliphatic heterocycles. The molecule has 0 N–H and O–H groups in total. The van der Waals surface area contributed by atoms with Crippen LogP contribution >= 0.6 is 0 Å². The zero-order chi connectivity index (χ0) is 10.1. The van der Waals surface area contributed by atoms with Crippen LogP contribution in [-0.2, 0) is 11.2 Å². The SMILES string of the molecule is CC(=O)C1CCc2ccc(C)cc2O1. The molecule has 0 saturated carbocycles. The molecule has 1 atom stereocenters. The first-order valence-corrected chi connectivity index (χ1v) is 4.93. The Hall–Kier alpha value is -1.31. The predicted octanol–water partition coefficient (Wildman–Crippen LogP) is 2.28. The Balaban J connectivity index is 2.29. The van der Waals surface area contributed by atoms with Crippen molar-refractivity contribution in [3.8, 4) is 5.75 Å². The van der Waals surface area contributed by atoms with Crippen molar-refractivity contribution in [1.29, 1.82) is 0 Å². The summed E-state index contributed by atoms with van der Waals surface area (Å²) in [5.41, 5.74) is 2.39. The highest BCUT2D eigenvalue weighted by atomic mass is 16.5. The van der Waals surface area contributed by atoms with E-state index in [-0.39, 0.29) is 11.9 Å². The lowest BCUT2D eigenvalue weighted by atomic mass is 9.99. The first kappa shape index (κ1) is 9.25. The van der Waals surface area contributed by atoms with Crippen LogP contribution in [0.5, 0.6) is 5.75 Å². The van der Waals surface area contributed by atoms with Crippen LogP contribution in [0, 0.1) is 6.92 Å². The fourth-order valence-electron chi connectivity index (χ4n) is 1.76. The summed E-state index contributed by atoms with van der Waals surface area (Å²) in [5, 5.41) is 0. The molecule has 0 fully saturated rings. The van der Waals surface area contributed by atoms with E-state index in [4.69, 9.17) is 4.74 Å². The van der Waals surface area contributed by atoms with Gasteiger partial charge in [0, 0.05) is 0 Å². The Morgan fingerprint density at radius 3 is 3.00 bits per heavy atom. The van der Waals surface area contributed by atoms with E-state index in [2.05, 4.69) is 12.1 Å². The molecule has 1 aromatic rings. The van der Waals surface area contributed by atoms with Gasteiger partial charge in [-0.2, -0.15) is 0 Å². The highest BCUT2D eigenvalue weighted by Gasteiger charge is 2.22. The average Bonchev–Trinajstić information content (AvgIpc) is 2.16. The summed E-state index contributed by atoms with van der Waals surface area (Å²) in [7, 11) is 0. The summed E-state index contributed by atoms with van der Waals surface area (Å²) in [6, 6.07) is 6.17. The van der Waals surface area contributed by atoms with Crippen LogP contribution < -0.4 is 4.74 Å². The highest BCUT2D eigenvalue weighted by molar-refractivity contribution is 5.81. The van der Waals surface area contributed by atoms with Gasteiger partial charge in [-0.1, -0.05) is 12.1 Å². The van der Waals surface area contributed by atoms with E-state index in [1.165, 1.54) is 11.1 Å². The lowest BCUT2D eigenvalue weighted by Crippen LogP contribution is -2.29. The van der Waals surface area contributed by atoms with Crippen LogP contribution in [0.2, 0.25) is 0 Å². The van der Waals surface area contributed by atoms with Crippen molar-refractivity contribution >= 4 is 5.78 Å². The molecule has 2 heteroatoms. The van der Waals surface area contributed by atoms with Crippen LogP contribution in [0.3, 0.4) is 0 Å². The summed E-state index contributed by atoms with van der Waals surface area (Å²) < 4.78 is 5.62. The van der Waals surface area contributed by atoms with Crippen LogP contribution in [-0.4, -0.2) is 11.9 Å². The number of ketones is 1. The van der Waals surface area contributed by atoms with Crippen molar-refractivity contribution in [3.63, 3.8) is 0 Å². The predicted molar refractivity (Wildman–Crippen MR) is 54.6 cm³/mol. The van der Waals surface area contributed by atoms with E-state index in [0.717, 1.165) is 18.6 Å². The third kappa shape index (κ3) is 1.65. The van der Waals surface area contributed by atoms with Gasteiger partial charge in [0.1, 0.15) is 5.75 Å². The van der Waals surface area contributed by atoms with Gasteiger partial charge in [0.25, 0.3) is 0 Å². The number of benzene rings is 1. The Bertz CT molecular complexity index is 369. The molecule has 0 saturated heterocycles. The molecular formula is C12H14O2. The van der Waals surface area contributed by atoms with Crippen molar-refractivity contribution in [1.82, 2.24) is 0 Å². The van der Waals surface area contributed by atoms with Gasteiger partial charge >= 0.3 is 0 Å². The highest BCUT2D eigenvalue weighted by Crippen LogP contribution is 2.28. The fourth-order valence-corrected chi connectivity index (χ4v) is 1.76. The number of rotatable bonds is 1. The minimum Gasteiger partial charge on any atom is -0.482 e. The maximum Gasteiger partial charge on any atom is 0.170 e. The third-order valence-corrected chi connectivity index (χ3v) is 2.62. The average molecular weight is 190 g/mol. The number of hydrogen-bond donors (Lipinski definition) is 0. The topological polar surface area (TPSA) is 26.3 Å². The lowest BCUT2D eigenvalue weighted by Gasteiger charge is -2.24. The molecule has 0 aromatic heterocycles. The molecule has 0 amide bonds. The number of aryl methyl sites for hydroxylation is 2. The summed E-state index contributed by atoms with van der Waals surface area (Å²) >= 11 is 0. The third-order valence-electron chi connectivity index (χ3n) is 2.62. The molecule has 1 unspecified atom stereocenters. The molecule has 0 aliphatic carbocycles. The molecule has 0 bridgehead atoms. The van der Waals surface area contributed by atoms with Gasteiger partial charge in [0.2, 0.25) is 0 Å². The van der Waals surface area contributed by atoms with Crippen LogP contribution in [0.15, 0.2) is 18.2 Å². The number of ether oxygens (including phenoxy) is 1. The smallest absolute Gasteiger partial charge is 0.170 e. The van der Waals surface area contributed by atoms with Gasteiger partial charge in [0.05, 0.1) is 0 Å². The quantitative estimate of drug-likeness (QED) is 0.679. The number of hydrogen-bond acceptors (Lipinski definition) is 2. The second-order valence-electron chi connectivity index (χ2n) is 3.87. The molecule has 0 spiro atoms. The second-order valence-corrected chi connectivity index (χ2v) is 3.87. The number of carbonyl (C=O) groups is 1.